The number of methoxy groups -OCH3 is 1. The first-order chi connectivity index (χ1) is 12.5. The third kappa shape index (κ3) is 5.42. The largest absolute Gasteiger partial charge is 0.494 e. The molecule has 0 fully saturated rings. The third-order valence-electron chi connectivity index (χ3n) is 4.37. The molecule has 0 aromatic heterocycles. The Morgan fingerprint density at radius 3 is 2.35 bits per heavy atom. The minimum atomic E-state index is -0.962. The Bertz CT molecular complexity index is 687. The Morgan fingerprint density at radius 1 is 1.04 bits per heavy atom. The number of aliphatic hydroxyl groups is 2. The number of rotatable bonds is 10. The predicted octanol–water partition coefficient (Wildman–Crippen LogP) is 2.07. The van der Waals surface area contributed by atoms with Crippen LogP contribution in [-0.2, 0) is 12.8 Å². The molecule has 0 aliphatic carbocycles. The number of hydrogen-bond donors (Lipinski definition) is 3. The molecule has 0 bridgehead atoms. The van der Waals surface area contributed by atoms with Crippen molar-refractivity contribution in [3.05, 3.63) is 59.4 Å². The van der Waals surface area contributed by atoms with E-state index in [2.05, 4.69) is 0 Å². The van der Waals surface area contributed by atoms with E-state index in [4.69, 9.17) is 15.2 Å². The Balaban J connectivity index is 1.84. The molecule has 0 radical (unpaired) electrons. The summed E-state index contributed by atoms with van der Waals surface area (Å²) < 4.78 is 24.7. The molecule has 0 amide bonds. The summed E-state index contributed by atoms with van der Waals surface area (Å²) in [6.45, 7) is -0.165. The lowest BCUT2D eigenvalue weighted by atomic mass is 9.94. The van der Waals surface area contributed by atoms with Crippen LogP contribution in [-0.4, -0.2) is 42.7 Å². The standard InChI is InChI=1S/C20H26FNO4/c1-25-18-4-2-3-16(19(18)21)10-12-26-17-7-5-15(6-8-17)9-11-20(22,13-23)14-24/h2-8,23-24H,9-14,22H2,1H3. The van der Waals surface area contributed by atoms with Crippen molar-refractivity contribution in [2.45, 2.75) is 24.8 Å². The zero-order valence-corrected chi connectivity index (χ0v) is 15.0. The minimum absolute atomic E-state index is 0.230. The SMILES string of the molecule is COc1cccc(CCOc2ccc(CCC(N)(CO)CO)cc2)c1F. The van der Waals surface area contributed by atoms with E-state index in [0.717, 1.165) is 5.56 Å². The lowest BCUT2D eigenvalue weighted by Gasteiger charge is -2.24. The molecular formula is C20H26FNO4. The minimum Gasteiger partial charge on any atom is -0.494 e. The van der Waals surface area contributed by atoms with E-state index in [1.54, 1.807) is 18.2 Å². The number of aliphatic hydroxyl groups excluding tert-OH is 2. The molecule has 4 N–H and O–H groups in total. The van der Waals surface area contributed by atoms with E-state index in [1.807, 2.05) is 24.3 Å². The van der Waals surface area contributed by atoms with E-state index < -0.39 is 5.54 Å². The second kappa shape index (κ2) is 9.52. The van der Waals surface area contributed by atoms with E-state index in [9.17, 15) is 14.6 Å². The van der Waals surface area contributed by atoms with Crippen molar-refractivity contribution in [2.75, 3.05) is 26.9 Å². The van der Waals surface area contributed by atoms with Crippen LogP contribution >= 0.6 is 0 Å². The van der Waals surface area contributed by atoms with Gasteiger partial charge in [0.05, 0.1) is 32.5 Å². The summed E-state index contributed by atoms with van der Waals surface area (Å²) in [6.07, 6.45) is 1.57. The summed E-state index contributed by atoms with van der Waals surface area (Å²) >= 11 is 0. The van der Waals surface area contributed by atoms with Crippen molar-refractivity contribution in [1.82, 2.24) is 0 Å². The highest BCUT2D eigenvalue weighted by Crippen LogP contribution is 2.21. The molecule has 0 atom stereocenters. The van der Waals surface area contributed by atoms with Crippen molar-refractivity contribution in [3.63, 3.8) is 0 Å². The number of benzene rings is 2. The third-order valence-corrected chi connectivity index (χ3v) is 4.37. The summed E-state index contributed by atoms with van der Waals surface area (Å²) in [5.41, 5.74) is 6.49. The fourth-order valence-corrected chi connectivity index (χ4v) is 2.54. The molecule has 6 heteroatoms. The topological polar surface area (TPSA) is 84.9 Å². The second-order valence-electron chi connectivity index (χ2n) is 6.35. The van der Waals surface area contributed by atoms with Gasteiger partial charge in [-0.15, -0.1) is 0 Å². The first kappa shape index (κ1) is 20.2. The number of halogens is 1. The smallest absolute Gasteiger partial charge is 0.168 e. The molecule has 142 valence electrons. The van der Waals surface area contributed by atoms with Gasteiger partial charge in [-0.2, -0.15) is 0 Å². The van der Waals surface area contributed by atoms with Crippen molar-refractivity contribution in [2.24, 2.45) is 5.73 Å². The summed E-state index contributed by atoms with van der Waals surface area (Å²) in [6, 6.07) is 12.6. The zero-order chi connectivity index (χ0) is 19.0. The molecule has 0 heterocycles. The maximum absolute atomic E-state index is 14.1. The van der Waals surface area contributed by atoms with Gasteiger partial charge in [0.2, 0.25) is 0 Å². The Hall–Kier alpha value is -2.15. The highest BCUT2D eigenvalue weighted by molar-refractivity contribution is 5.31. The van der Waals surface area contributed by atoms with Crippen LogP contribution < -0.4 is 15.2 Å². The number of hydrogen-bond acceptors (Lipinski definition) is 5. The molecule has 2 aromatic carbocycles. The van der Waals surface area contributed by atoms with Gasteiger partial charge in [0.1, 0.15) is 5.75 Å². The van der Waals surface area contributed by atoms with Crippen LogP contribution in [0.4, 0.5) is 4.39 Å². The average Bonchev–Trinajstić information content (AvgIpc) is 2.68. The number of nitrogens with two attached hydrogens (primary N) is 1. The Labute approximate surface area is 153 Å². The summed E-state index contributed by atoms with van der Waals surface area (Å²) in [4.78, 5) is 0. The van der Waals surface area contributed by atoms with Gasteiger partial charge >= 0.3 is 0 Å². The highest BCUT2D eigenvalue weighted by atomic mass is 19.1. The molecular weight excluding hydrogens is 337 g/mol. The van der Waals surface area contributed by atoms with E-state index in [-0.39, 0.29) is 24.8 Å². The average molecular weight is 363 g/mol. The zero-order valence-electron chi connectivity index (χ0n) is 15.0. The van der Waals surface area contributed by atoms with Gasteiger partial charge in [0.25, 0.3) is 0 Å². The van der Waals surface area contributed by atoms with Crippen LogP contribution in [0.2, 0.25) is 0 Å². The van der Waals surface area contributed by atoms with Gasteiger partial charge < -0.3 is 25.4 Å². The molecule has 0 saturated heterocycles. The lowest BCUT2D eigenvalue weighted by molar-refractivity contribution is 0.115. The van der Waals surface area contributed by atoms with Crippen LogP contribution in [0.5, 0.6) is 11.5 Å². The normalized spacial score (nSPS) is 11.4. The van der Waals surface area contributed by atoms with Crippen LogP contribution in [0.1, 0.15) is 17.5 Å². The van der Waals surface area contributed by atoms with Crippen LogP contribution in [0.3, 0.4) is 0 Å². The molecule has 0 saturated carbocycles. The van der Waals surface area contributed by atoms with Crippen molar-refractivity contribution in [3.8, 4) is 11.5 Å². The van der Waals surface area contributed by atoms with Crippen LogP contribution in [0, 0.1) is 5.82 Å². The first-order valence-electron chi connectivity index (χ1n) is 8.55. The highest BCUT2D eigenvalue weighted by Gasteiger charge is 2.22. The molecule has 0 unspecified atom stereocenters. The summed E-state index contributed by atoms with van der Waals surface area (Å²) in [5, 5.41) is 18.4. The van der Waals surface area contributed by atoms with Crippen molar-refractivity contribution >= 4 is 0 Å². The van der Waals surface area contributed by atoms with Crippen LogP contribution in [0.15, 0.2) is 42.5 Å². The lowest BCUT2D eigenvalue weighted by Crippen LogP contribution is -2.47. The fourth-order valence-electron chi connectivity index (χ4n) is 2.54. The molecule has 0 aliphatic heterocycles. The summed E-state index contributed by atoms with van der Waals surface area (Å²) in [7, 11) is 1.44. The Morgan fingerprint density at radius 2 is 1.73 bits per heavy atom. The predicted molar refractivity (Wildman–Crippen MR) is 98.0 cm³/mol. The fraction of sp³-hybridized carbons (Fsp3) is 0.400. The first-order valence-corrected chi connectivity index (χ1v) is 8.55. The molecule has 2 aromatic rings. The molecule has 0 aliphatic rings. The quantitative estimate of drug-likeness (QED) is 0.602. The van der Waals surface area contributed by atoms with Gasteiger partial charge in [0.15, 0.2) is 11.6 Å². The second-order valence-corrected chi connectivity index (χ2v) is 6.35. The van der Waals surface area contributed by atoms with Gasteiger partial charge in [0, 0.05) is 6.42 Å². The van der Waals surface area contributed by atoms with Gasteiger partial charge in [-0.1, -0.05) is 24.3 Å². The summed E-state index contributed by atoms with van der Waals surface area (Å²) in [5.74, 6) is 0.570. The number of aryl methyl sites for hydroxylation is 1. The molecule has 5 nitrogen and oxygen atoms in total. The van der Waals surface area contributed by atoms with Crippen LogP contribution in [0.25, 0.3) is 0 Å². The molecule has 26 heavy (non-hydrogen) atoms. The maximum Gasteiger partial charge on any atom is 0.168 e. The monoisotopic (exact) mass is 363 g/mol. The van der Waals surface area contributed by atoms with Crippen molar-refractivity contribution < 1.29 is 24.1 Å². The van der Waals surface area contributed by atoms with Gasteiger partial charge in [-0.3, -0.25) is 0 Å². The molecule has 2 rings (SSSR count). The van der Waals surface area contributed by atoms with Gasteiger partial charge in [-0.05, 0) is 42.2 Å². The Kier molecular flexibility index (Phi) is 7.38. The van der Waals surface area contributed by atoms with E-state index >= 15 is 0 Å². The maximum atomic E-state index is 14.1. The van der Waals surface area contributed by atoms with E-state index in [1.165, 1.54) is 7.11 Å². The molecule has 0 spiro atoms. The van der Waals surface area contributed by atoms with Gasteiger partial charge in [-0.25, -0.2) is 4.39 Å². The number of ether oxygens (including phenoxy) is 2. The van der Waals surface area contributed by atoms with E-state index in [0.29, 0.717) is 37.2 Å². The van der Waals surface area contributed by atoms with Crippen molar-refractivity contribution in [1.29, 1.82) is 0 Å².